The minimum atomic E-state index is -0.165. The Morgan fingerprint density at radius 3 is 3.11 bits per heavy atom. The van der Waals surface area contributed by atoms with E-state index in [2.05, 4.69) is 10.3 Å². The molecule has 1 fully saturated rings. The van der Waals surface area contributed by atoms with Crippen LogP contribution >= 0.6 is 0 Å². The molecule has 1 aliphatic rings. The topological polar surface area (TPSA) is 97.3 Å². The minimum absolute atomic E-state index is 0.0101. The summed E-state index contributed by atoms with van der Waals surface area (Å²) in [5, 5.41) is 17.0. The zero-order valence-electron chi connectivity index (χ0n) is 10.5. The number of carbonyl (C=O) groups is 1. The van der Waals surface area contributed by atoms with Crippen LogP contribution in [-0.2, 0) is 6.54 Å². The fourth-order valence-electron chi connectivity index (χ4n) is 2.32. The van der Waals surface area contributed by atoms with Crippen LogP contribution in [0, 0.1) is 5.92 Å². The molecule has 1 aromatic rings. The van der Waals surface area contributed by atoms with Crippen LogP contribution in [0.5, 0.6) is 0 Å². The number of hydrogen-bond donors (Lipinski definition) is 2. The summed E-state index contributed by atoms with van der Waals surface area (Å²) in [5.74, 6) is 0.153. The van der Waals surface area contributed by atoms with Crippen molar-refractivity contribution in [1.29, 1.82) is 0 Å². The second kappa shape index (κ2) is 5.45. The van der Waals surface area contributed by atoms with Gasteiger partial charge in [0.05, 0.1) is 25.4 Å². The van der Waals surface area contributed by atoms with Crippen LogP contribution in [0.2, 0.25) is 0 Å². The Morgan fingerprint density at radius 2 is 2.44 bits per heavy atom. The lowest BCUT2D eigenvalue weighted by atomic mass is 10.0. The first kappa shape index (κ1) is 13.0. The Hall–Kier alpha value is -1.47. The molecule has 18 heavy (non-hydrogen) atoms. The van der Waals surface area contributed by atoms with Gasteiger partial charge in [0.2, 0.25) is 0 Å². The average molecular weight is 253 g/mol. The van der Waals surface area contributed by atoms with Crippen molar-refractivity contribution in [3.63, 3.8) is 0 Å². The number of aliphatic hydroxyl groups is 1. The second-order valence-electron chi connectivity index (χ2n) is 4.67. The van der Waals surface area contributed by atoms with Crippen molar-refractivity contribution in [2.45, 2.75) is 25.9 Å². The van der Waals surface area contributed by atoms with Crippen LogP contribution < -0.4 is 5.73 Å². The molecule has 1 amide bonds. The van der Waals surface area contributed by atoms with Gasteiger partial charge in [-0.1, -0.05) is 12.1 Å². The SMILES string of the molecule is CC1CCN(C(=O)c2cn(CCN)nn2)C1CO. The number of nitrogens with two attached hydrogens (primary N) is 1. The molecule has 2 atom stereocenters. The first-order chi connectivity index (χ1) is 8.67. The van der Waals surface area contributed by atoms with Crippen LogP contribution in [0.1, 0.15) is 23.8 Å². The van der Waals surface area contributed by atoms with E-state index in [1.54, 1.807) is 15.8 Å². The highest BCUT2D eigenvalue weighted by Gasteiger charge is 2.35. The highest BCUT2D eigenvalue weighted by molar-refractivity contribution is 5.92. The van der Waals surface area contributed by atoms with E-state index in [0.717, 1.165) is 6.42 Å². The molecule has 1 saturated heterocycles. The molecule has 2 rings (SSSR count). The number of aromatic nitrogens is 3. The van der Waals surface area contributed by atoms with Gasteiger partial charge in [0.1, 0.15) is 0 Å². The zero-order chi connectivity index (χ0) is 13.1. The number of carbonyl (C=O) groups excluding carboxylic acids is 1. The standard InChI is InChI=1S/C11H19N5O2/c1-8-2-4-16(10(8)7-17)11(18)9-6-15(5-3-12)14-13-9/h6,8,10,17H,2-5,7,12H2,1H3. The van der Waals surface area contributed by atoms with Gasteiger partial charge in [-0.3, -0.25) is 9.48 Å². The van der Waals surface area contributed by atoms with Gasteiger partial charge in [0.25, 0.3) is 5.91 Å². The van der Waals surface area contributed by atoms with Crippen LogP contribution in [0.4, 0.5) is 0 Å². The summed E-state index contributed by atoms with van der Waals surface area (Å²) < 4.78 is 1.56. The number of likely N-dealkylation sites (tertiary alicyclic amines) is 1. The number of rotatable bonds is 4. The molecular formula is C11H19N5O2. The van der Waals surface area contributed by atoms with Gasteiger partial charge >= 0.3 is 0 Å². The highest BCUT2D eigenvalue weighted by atomic mass is 16.3. The molecule has 2 heterocycles. The lowest BCUT2D eigenvalue weighted by Crippen LogP contribution is -2.40. The van der Waals surface area contributed by atoms with Crippen molar-refractivity contribution in [3.8, 4) is 0 Å². The molecule has 100 valence electrons. The average Bonchev–Trinajstić information content (AvgIpc) is 2.95. The van der Waals surface area contributed by atoms with Crippen molar-refractivity contribution in [3.05, 3.63) is 11.9 Å². The monoisotopic (exact) mass is 253 g/mol. The number of hydrogen-bond acceptors (Lipinski definition) is 5. The van der Waals surface area contributed by atoms with Gasteiger partial charge in [0, 0.05) is 13.1 Å². The molecule has 0 aromatic carbocycles. The summed E-state index contributed by atoms with van der Waals surface area (Å²) >= 11 is 0. The Balaban J connectivity index is 2.10. The van der Waals surface area contributed by atoms with Crippen molar-refractivity contribution in [2.75, 3.05) is 19.7 Å². The summed E-state index contributed by atoms with van der Waals surface area (Å²) in [4.78, 5) is 13.9. The van der Waals surface area contributed by atoms with Crippen LogP contribution in [-0.4, -0.2) is 56.6 Å². The maximum Gasteiger partial charge on any atom is 0.276 e. The van der Waals surface area contributed by atoms with Crippen molar-refractivity contribution < 1.29 is 9.90 Å². The largest absolute Gasteiger partial charge is 0.394 e. The fraction of sp³-hybridized carbons (Fsp3) is 0.727. The van der Waals surface area contributed by atoms with Gasteiger partial charge in [-0.05, 0) is 12.3 Å². The predicted octanol–water partition coefficient (Wildman–Crippen LogP) is -0.920. The molecule has 7 heteroatoms. The van der Waals surface area contributed by atoms with E-state index in [4.69, 9.17) is 5.73 Å². The maximum absolute atomic E-state index is 12.2. The van der Waals surface area contributed by atoms with Gasteiger partial charge in [0.15, 0.2) is 5.69 Å². The second-order valence-corrected chi connectivity index (χ2v) is 4.67. The summed E-state index contributed by atoms with van der Waals surface area (Å²) in [6, 6.07) is -0.114. The van der Waals surface area contributed by atoms with Gasteiger partial charge in [-0.25, -0.2) is 0 Å². The van der Waals surface area contributed by atoms with Gasteiger partial charge < -0.3 is 15.7 Å². The molecular weight excluding hydrogens is 234 g/mol. The molecule has 1 aliphatic heterocycles. The fourth-order valence-corrected chi connectivity index (χ4v) is 2.32. The number of aliphatic hydroxyl groups excluding tert-OH is 1. The third kappa shape index (κ3) is 2.37. The Bertz CT molecular complexity index is 419. The molecule has 0 spiro atoms. The summed E-state index contributed by atoms with van der Waals surface area (Å²) in [5.41, 5.74) is 5.73. The van der Waals surface area contributed by atoms with Crippen LogP contribution in [0.15, 0.2) is 6.20 Å². The molecule has 1 aromatic heterocycles. The molecule has 0 radical (unpaired) electrons. The molecule has 7 nitrogen and oxygen atoms in total. The lowest BCUT2D eigenvalue weighted by Gasteiger charge is -2.24. The first-order valence-electron chi connectivity index (χ1n) is 6.19. The van der Waals surface area contributed by atoms with E-state index >= 15 is 0 Å². The zero-order valence-corrected chi connectivity index (χ0v) is 10.5. The third-order valence-corrected chi connectivity index (χ3v) is 3.45. The normalized spacial score (nSPS) is 23.6. The van der Waals surface area contributed by atoms with E-state index < -0.39 is 0 Å². The van der Waals surface area contributed by atoms with E-state index in [1.807, 2.05) is 6.92 Å². The third-order valence-electron chi connectivity index (χ3n) is 3.45. The molecule has 2 unspecified atom stereocenters. The first-order valence-corrected chi connectivity index (χ1v) is 6.19. The summed E-state index contributed by atoms with van der Waals surface area (Å²) in [6.45, 7) is 3.69. The molecule has 0 aliphatic carbocycles. The smallest absolute Gasteiger partial charge is 0.276 e. The van der Waals surface area contributed by atoms with Crippen LogP contribution in [0.25, 0.3) is 0 Å². The van der Waals surface area contributed by atoms with Crippen molar-refractivity contribution in [1.82, 2.24) is 19.9 Å². The van der Waals surface area contributed by atoms with Crippen molar-refractivity contribution in [2.24, 2.45) is 11.7 Å². The summed E-state index contributed by atoms with van der Waals surface area (Å²) in [6.07, 6.45) is 2.51. The maximum atomic E-state index is 12.2. The number of nitrogens with zero attached hydrogens (tertiary/aromatic N) is 4. The lowest BCUT2D eigenvalue weighted by molar-refractivity contribution is 0.0642. The quantitative estimate of drug-likeness (QED) is 0.723. The Labute approximate surface area is 106 Å². The highest BCUT2D eigenvalue weighted by Crippen LogP contribution is 2.24. The Morgan fingerprint density at radius 1 is 1.67 bits per heavy atom. The number of amides is 1. The van der Waals surface area contributed by atoms with E-state index in [9.17, 15) is 9.90 Å². The molecule has 0 saturated carbocycles. The van der Waals surface area contributed by atoms with Crippen LogP contribution in [0.3, 0.4) is 0 Å². The molecule has 0 bridgehead atoms. The van der Waals surface area contributed by atoms with E-state index in [1.165, 1.54) is 0 Å². The molecule has 3 N–H and O–H groups in total. The summed E-state index contributed by atoms with van der Waals surface area (Å²) in [7, 11) is 0. The van der Waals surface area contributed by atoms with Crippen molar-refractivity contribution >= 4 is 5.91 Å². The minimum Gasteiger partial charge on any atom is -0.394 e. The van der Waals surface area contributed by atoms with E-state index in [-0.39, 0.29) is 18.6 Å². The predicted molar refractivity (Wildman–Crippen MR) is 64.8 cm³/mol. The Kier molecular flexibility index (Phi) is 3.93. The van der Waals surface area contributed by atoms with Gasteiger partial charge in [-0.15, -0.1) is 5.10 Å². The van der Waals surface area contributed by atoms with Gasteiger partial charge in [-0.2, -0.15) is 0 Å². The van der Waals surface area contributed by atoms with E-state index in [0.29, 0.717) is 31.2 Å².